The molecule has 1 heterocycles. The first kappa shape index (κ1) is 25.5. The summed E-state index contributed by atoms with van der Waals surface area (Å²) < 4.78 is 8.69. The molecule has 7 nitrogen and oxygen atoms in total. The number of benzene rings is 3. The average Bonchev–Trinajstić information content (AvgIpc) is 3.19. The number of hydrogen-bond donors (Lipinski definition) is 0. The zero-order chi connectivity index (χ0) is 24.9. The van der Waals surface area contributed by atoms with Crippen LogP contribution in [0.5, 0.6) is 5.75 Å². The maximum absolute atomic E-state index is 11.5. The van der Waals surface area contributed by atoms with Crippen molar-refractivity contribution in [2.45, 2.75) is 23.9 Å². The lowest BCUT2D eigenvalue weighted by Crippen LogP contribution is -2.11. The van der Waals surface area contributed by atoms with E-state index >= 15 is 0 Å². The molecule has 3 aromatic carbocycles. The molecule has 0 aliphatic rings. The zero-order valence-electron chi connectivity index (χ0n) is 18.4. The minimum Gasteiger partial charge on any atom is -0.487 e. The van der Waals surface area contributed by atoms with Crippen molar-refractivity contribution in [3.8, 4) is 11.4 Å². The summed E-state index contributed by atoms with van der Waals surface area (Å²) in [5, 5.41) is 20.9. The Hall–Kier alpha value is -2.59. The minimum absolute atomic E-state index is 0.313. The molecule has 0 unspecified atom stereocenters. The molecule has 0 bridgehead atoms. The smallest absolute Gasteiger partial charge is 0.220 e. The van der Waals surface area contributed by atoms with E-state index in [4.69, 9.17) is 27.9 Å². The Labute approximate surface area is 224 Å². The molecular formula is C24H19BrCl2N4O3S. The van der Waals surface area contributed by atoms with E-state index in [1.807, 2.05) is 47.9 Å². The molecule has 4 aromatic rings. The monoisotopic (exact) mass is 592 g/mol. The quantitative estimate of drug-likeness (QED) is 0.115. The minimum atomic E-state index is -0.544. The van der Waals surface area contributed by atoms with Crippen LogP contribution in [0.3, 0.4) is 0 Å². The van der Waals surface area contributed by atoms with Gasteiger partial charge in [-0.2, -0.15) is 0 Å². The normalized spacial score (nSPS) is 11.9. The summed E-state index contributed by atoms with van der Waals surface area (Å²) in [5.41, 5.74) is 2.50. The molecule has 0 N–H and O–H groups in total. The molecule has 0 aliphatic carbocycles. The molecular weight excluding hydrogens is 575 g/mol. The van der Waals surface area contributed by atoms with Gasteiger partial charge in [-0.15, -0.1) is 10.2 Å². The lowest BCUT2D eigenvalue weighted by molar-refractivity contribution is -0.479. The number of thioether (sulfide) groups is 1. The van der Waals surface area contributed by atoms with Crippen molar-refractivity contribution < 1.29 is 9.66 Å². The second kappa shape index (κ2) is 11.4. The fraction of sp³-hybridized carbons (Fsp3) is 0.167. The molecule has 0 aliphatic heterocycles. The molecule has 0 saturated heterocycles. The van der Waals surface area contributed by atoms with Gasteiger partial charge in [0.2, 0.25) is 6.54 Å². The van der Waals surface area contributed by atoms with E-state index in [1.165, 1.54) is 11.8 Å². The SMILES string of the molecule is Cc1nnc(S[C@H](C[N+](=O)[O-])c2ccc(OCc3ccc(Br)cc3)c(Cl)c2)n1-c1ccc(Cl)cc1. The van der Waals surface area contributed by atoms with Crippen molar-refractivity contribution >= 4 is 50.9 Å². The Balaban J connectivity index is 1.56. The Morgan fingerprint density at radius 2 is 1.80 bits per heavy atom. The van der Waals surface area contributed by atoms with E-state index in [2.05, 4.69) is 26.1 Å². The molecule has 0 fully saturated rings. The van der Waals surface area contributed by atoms with E-state index in [0.29, 0.717) is 38.9 Å². The van der Waals surface area contributed by atoms with Gasteiger partial charge in [0.25, 0.3) is 0 Å². The Morgan fingerprint density at radius 1 is 1.09 bits per heavy atom. The molecule has 0 amide bonds. The summed E-state index contributed by atoms with van der Waals surface area (Å²) in [6.45, 7) is 1.86. The third-order valence-electron chi connectivity index (χ3n) is 5.08. The van der Waals surface area contributed by atoms with E-state index in [-0.39, 0.29) is 11.5 Å². The van der Waals surface area contributed by atoms with Crippen molar-refractivity contribution in [2.24, 2.45) is 0 Å². The number of aromatic nitrogens is 3. The van der Waals surface area contributed by atoms with E-state index in [0.717, 1.165) is 15.7 Å². The number of aryl methyl sites for hydroxylation is 1. The summed E-state index contributed by atoms with van der Waals surface area (Å²) in [7, 11) is 0. The van der Waals surface area contributed by atoms with Crippen LogP contribution in [0.25, 0.3) is 5.69 Å². The van der Waals surface area contributed by atoms with Gasteiger partial charge < -0.3 is 4.74 Å². The fourth-order valence-corrected chi connectivity index (χ4v) is 5.15. The predicted octanol–water partition coefficient (Wildman–Crippen LogP) is 7.33. The highest BCUT2D eigenvalue weighted by molar-refractivity contribution is 9.10. The second-order valence-corrected chi connectivity index (χ2v) is 10.5. The predicted molar refractivity (Wildman–Crippen MR) is 141 cm³/mol. The van der Waals surface area contributed by atoms with Crippen LogP contribution < -0.4 is 4.74 Å². The highest BCUT2D eigenvalue weighted by atomic mass is 79.9. The number of hydrogen-bond acceptors (Lipinski definition) is 6. The Bertz CT molecular complexity index is 1330. The number of nitro groups is 1. The van der Waals surface area contributed by atoms with E-state index < -0.39 is 5.25 Å². The lowest BCUT2D eigenvalue weighted by Gasteiger charge is -2.16. The zero-order valence-corrected chi connectivity index (χ0v) is 22.3. The van der Waals surface area contributed by atoms with Gasteiger partial charge in [-0.1, -0.05) is 69.1 Å². The van der Waals surface area contributed by atoms with Crippen molar-refractivity contribution in [3.63, 3.8) is 0 Å². The highest BCUT2D eigenvalue weighted by Crippen LogP contribution is 2.38. The Morgan fingerprint density at radius 3 is 2.46 bits per heavy atom. The molecule has 180 valence electrons. The van der Waals surface area contributed by atoms with Crippen LogP contribution in [-0.2, 0) is 6.61 Å². The second-order valence-electron chi connectivity index (χ2n) is 7.57. The van der Waals surface area contributed by atoms with Gasteiger partial charge >= 0.3 is 0 Å². The first-order chi connectivity index (χ1) is 16.8. The van der Waals surface area contributed by atoms with Gasteiger partial charge in [-0.05, 0) is 66.6 Å². The maximum atomic E-state index is 11.5. The van der Waals surface area contributed by atoms with Gasteiger partial charge in [0, 0.05) is 20.1 Å². The summed E-state index contributed by atoms with van der Waals surface area (Å²) in [5.74, 6) is 1.16. The Kier molecular flexibility index (Phi) is 8.33. The summed E-state index contributed by atoms with van der Waals surface area (Å²) in [4.78, 5) is 11.1. The van der Waals surface area contributed by atoms with Crippen molar-refractivity contribution in [3.05, 3.63) is 108 Å². The third-order valence-corrected chi connectivity index (χ3v) is 7.33. The van der Waals surface area contributed by atoms with Crippen molar-refractivity contribution in [1.29, 1.82) is 0 Å². The number of rotatable bonds is 9. The molecule has 11 heteroatoms. The molecule has 35 heavy (non-hydrogen) atoms. The third kappa shape index (κ3) is 6.55. The average molecular weight is 594 g/mol. The summed E-state index contributed by atoms with van der Waals surface area (Å²) in [6, 6.07) is 20.2. The van der Waals surface area contributed by atoms with Crippen LogP contribution in [0, 0.1) is 17.0 Å². The van der Waals surface area contributed by atoms with Gasteiger partial charge in [0.1, 0.15) is 23.4 Å². The molecule has 0 spiro atoms. The van der Waals surface area contributed by atoms with Crippen LogP contribution in [-0.4, -0.2) is 26.2 Å². The highest BCUT2D eigenvalue weighted by Gasteiger charge is 2.24. The summed E-state index contributed by atoms with van der Waals surface area (Å²) in [6.07, 6.45) is 0. The summed E-state index contributed by atoms with van der Waals surface area (Å²) >= 11 is 17.2. The van der Waals surface area contributed by atoms with Crippen LogP contribution in [0.1, 0.15) is 22.2 Å². The number of nitrogens with zero attached hydrogens (tertiary/aromatic N) is 4. The molecule has 4 rings (SSSR count). The van der Waals surface area contributed by atoms with Crippen LogP contribution in [0.4, 0.5) is 0 Å². The molecule has 1 atom stereocenters. The van der Waals surface area contributed by atoms with Gasteiger partial charge in [-0.3, -0.25) is 14.7 Å². The number of ether oxygens (including phenoxy) is 1. The topological polar surface area (TPSA) is 83.1 Å². The van der Waals surface area contributed by atoms with Crippen LogP contribution in [0.2, 0.25) is 10.0 Å². The van der Waals surface area contributed by atoms with Crippen LogP contribution in [0.15, 0.2) is 76.4 Å². The van der Waals surface area contributed by atoms with Crippen LogP contribution >= 0.6 is 50.9 Å². The van der Waals surface area contributed by atoms with Gasteiger partial charge in [0.05, 0.1) is 5.02 Å². The first-order valence-electron chi connectivity index (χ1n) is 10.4. The largest absolute Gasteiger partial charge is 0.487 e. The van der Waals surface area contributed by atoms with Crippen molar-refractivity contribution in [2.75, 3.05) is 6.54 Å². The first-order valence-corrected chi connectivity index (χ1v) is 12.9. The van der Waals surface area contributed by atoms with E-state index in [1.54, 1.807) is 30.3 Å². The maximum Gasteiger partial charge on any atom is 0.220 e. The molecule has 0 saturated carbocycles. The van der Waals surface area contributed by atoms with E-state index in [9.17, 15) is 10.1 Å². The van der Waals surface area contributed by atoms with Gasteiger partial charge in [-0.25, -0.2) is 0 Å². The molecule has 0 radical (unpaired) electrons. The fourth-order valence-electron chi connectivity index (χ4n) is 3.36. The molecule has 1 aromatic heterocycles. The lowest BCUT2D eigenvalue weighted by atomic mass is 10.1. The standard InChI is InChI=1S/C24H19BrCl2N4O3S/c1-15-28-29-24(31(15)20-9-7-19(26)8-10-20)35-23(13-30(32)33)17-4-11-22(21(27)12-17)34-14-16-2-5-18(25)6-3-16/h2-12,23H,13-14H2,1H3/t23-/m1/s1. The van der Waals surface area contributed by atoms with Crippen molar-refractivity contribution in [1.82, 2.24) is 14.8 Å². The van der Waals surface area contributed by atoms with Gasteiger partial charge in [0.15, 0.2) is 5.16 Å². The number of halogens is 3.